The Labute approximate surface area is 148 Å². The van der Waals surface area contributed by atoms with Crippen LogP contribution in [0.15, 0.2) is 31.8 Å². The molecule has 0 fully saturated rings. The summed E-state index contributed by atoms with van der Waals surface area (Å²) in [6, 6.07) is 7.19. The lowest BCUT2D eigenvalue weighted by molar-refractivity contribution is 0.147. The minimum Gasteiger partial charge on any atom is -0.388 e. The number of aliphatic hydroxyl groups is 1. The van der Waals surface area contributed by atoms with Crippen LogP contribution in [-0.4, -0.2) is 11.7 Å². The maximum Gasteiger partial charge on any atom is 0.0890 e. The van der Waals surface area contributed by atoms with E-state index in [9.17, 15) is 5.11 Å². The van der Waals surface area contributed by atoms with Gasteiger partial charge in [0.1, 0.15) is 0 Å². The zero-order valence-electron chi connectivity index (χ0n) is 10.1. The maximum absolute atomic E-state index is 10.6. The Hall–Kier alpha value is 0.380. The lowest BCUT2D eigenvalue weighted by atomic mass is 9.90. The third-order valence-electron chi connectivity index (χ3n) is 3.01. The van der Waals surface area contributed by atoms with E-state index >= 15 is 0 Å². The molecule has 0 saturated carbocycles. The van der Waals surface area contributed by atoms with Crippen LogP contribution in [0.25, 0.3) is 0 Å². The van der Waals surface area contributed by atoms with E-state index in [-0.39, 0.29) is 5.92 Å². The SMILES string of the molecule is NCC(c1ccc(Cl)c(Cl)c1)C(O)c1cc(Br)sc1Br. The Bertz CT molecular complexity index is 620. The average molecular weight is 460 g/mol. The summed E-state index contributed by atoms with van der Waals surface area (Å²) in [5, 5.41) is 11.5. The number of halogens is 4. The van der Waals surface area contributed by atoms with Gasteiger partial charge in [0, 0.05) is 18.0 Å². The molecule has 20 heavy (non-hydrogen) atoms. The summed E-state index contributed by atoms with van der Waals surface area (Å²) in [5.74, 6) is -0.248. The molecule has 0 amide bonds. The third kappa shape index (κ3) is 3.58. The minimum atomic E-state index is -0.714. The Morgan fingerprint density at radius 1 is 1.20 bits per heavy atom. The van der Waals surface area contributed by atoms with Crippen molar-refractivity contribution in [2.75, 3.05) is 6.54 Å². The van der Waals surface area contributed by atoms with Gasteiger partial charge in [-0.3, -0.25) is 0 Å². The van der Waals surface area contributed by atoms with Gasteiger partial charge in [0.25, 0.3) is 0 Å². The number of thiophene rings is 1. The van der Waals surface area contributed by atoms with E-state index in [1.165, 1.54) is 11.3 Å². The van der Waals surface area contributed by atoms with Crippen molar-refractivity contribution in [3.8, 4) is 0 Å². The quantitative estimate of drug-likeness (QED) is 0.646. The van der Waals surface area contributed by atoms with Crippen molar-refractivity contribution in [2.24, 2.45) is 5.73 Å². The van der Waals surface area contributed by atoms with Crippen molar-refractivity contribution >= 4 is 66.4 Å². The predicted molar refractivity (Wildman–Crippen MR) is 92.9 cm³/mol. The van der Waals surface area contributed by atoms with E-state index < -0.39 is 6.10 Å². The van der Waals surface area contributed by atoms with E-state index in [0.29, 0.717) is 16.6 Å². The molecule has 0 saturated heterocycles. The van der Waals surface area contributed by atoms with Crippen LogP contribution in [0.1, 0.15) is 23.1 Å². The van der Waals surface area contributed by atoms with Gasteiger partial charge in [-0.1, -0.05) is 29.3 Å². The summed E-state index contributed by atoms with van der Waals surface area (Å²) in [6.45, 7) is 0.305. The summed E-state index contributed by atoms with van der Waals surface area (Å²) in [7, 11) is 0. The standard InChI is InChI=1S/C13H11Br2Cl2NOS/c14-11-4-7(13(15)20-11)12(19)8(5-18)6-1-2-9(16)10(17)3-6/h1-4,8,12,19H,5,18H2. The zero-order valence-corrected chi connectivity index (χ0v) is 15.6. The number of aliphatic hydroxyl groups excluding tert-OH is 1. The molecule has 2 unspecified atom stereocenters. The second-order valence-corrected chi connectivity index (χ2v) is 8.80. The van der Waals surface area contributed by atoms with Crippen LogP contribution in [0.2, 0.25) is 10.0 Å². The molecule has 1 aromatic carbocycles. The predicted octanol–water partition coefficient (Wildman–Crippen LogP) is 5.36. The first-order valence-corrected chi connectivity index (χ1v) is 8.87. The summed E-state index contributed by atoms with van der Waals surface area (Å²) in [6.07, 6.45) is -0.714. The van der Waals surface area contributed by atoms with Crippen molar-refractivity contribution in [1.82, 2.24) is 0 Å². The lowest BCUT2D eigenvalue weighted by Gasteiger charge is -2.22. The molecule has 2 rings (SSSR count). The monoisotopic (exact) mass is 457 g/mol. The highest BCUT2D eigenvalue weighted by Crippen LogP contribution is 2.41. The lowest BCUT2D eigenvalue weighted by Crippen LogP contribution is -2.20. The molecule has 0 radical (unpaired) electrons. The van der Waals surface area contributed by atoms with Gasteiger partial charge in [-0.2, -0.15) is 0 Å². The number of nitrogens with two attached hydrogens (primary N) is 1. The average Bonchev–Trinajstić information content (AvgIpc) is 2.73. The Kier molecular flexibility index (Phi) is 5.94. The van der Waals surface area contributed by atoms with E-state index in [2.05, 4.69) is 31.9 Å². The smallest absolute Gasteiger partial charge is 0.0890 e. The first-order chi connectivity index (χ1) is 9.43. The summed E-state index contributed by atoms with van der Waals surface area (Å²) >= 11 is 20.3. The van der Waals surface area contributed by atoms with Gasteiger partial charge < -0.3 is 10.8 Å². The van der Waals surface area contributed by atoms with E-state index in [1.807, 2.05) is 12.1 Å². The zero-order chi connectivity index (χ0) is 14.9. The highest BCUT2D eigenvalue weighted by atomic mass is 79.9. The fourth-order valence-electron chi connectivity index (χ4n) is 1.96. The normalized spacial score (nSPS) is 14.3. The third-order valence-corrected chi connectivity index (χ3v) is 6.13. The topological polar surface area (TPSA) is 46.2 Å². The van der Waals surface area contributed by atoms with Crippen LogP contribution < -0.4 is 5.73 Å². The Morgan fingerprint density at radius 2 is 1.90 bits per heavy atom. The summed E-state index contributed by atoms with van der Waals surface area (Å²) in [5.41, 5.74) is 7.50. The van der Waals surface area contributed by atoms with Crippen molar-refractivity contribution in [3.63, 3.8) is 0 Å². The van der Waals surface area contributed by atoms with Crippen molar-refractivity contribution in [2.45, 2.75) is 12.0 Å². The van der Waals surface area contributed by atoms with E-state index in [0.717, 1.165) is 18.7 Å². The molecule has 0 bridgehead atoms. The summed E-state index contributed by atoms with van der Waals surface area (Å²) in [4.78, 5) is 0. The fraction of sp³-hybridized carbons (Fsp3) is 0.231. The number of benzene rings is 1. The maximum atomic E-state index is 10.6. The molecule has 7 heteroatoms. The first kappa shape index (κ1) is 16.7. The van der Waals surface area contributed by atoms with Crippen molar-refractivity contribution in [3.05, 3.63) is 53.0 Å². The molecule has 2 atom stereocenters. The Balaban J connectivity index is 2.36. The van der Waals surface area contributed by atoms with Crippen LogP contribution in [0.5, 0.6) is 0 Å². The second kappa shape index (κ2) is 7.09. The van der Waals surface area contributed by atoms with Crippen LogP contribution in [0.3, 0.4) is 0 Å². The minimum absolute atomic E-state index is 0.248. The summed E-state index contributed by atoms with van der Waals surface area (Å²) < 4.78 is 1.83. The molecule has 0 aliphatic heterocycles. The van der Waals surface area contributed by atoms with Crippen molar-refractivity contribution in [1.29, 1.82) is 0 Å². The van der Waals surface area contributed by atoms with Gasteiger partial charge >= 0.3 is 0 Å². The fourth-order valence-corrected chi connectivity index (χ4v) is 5.18. The second-order valence-electron chi connectivity index (χ2n) is 4.24. The first-order valence-electron chi connectivity index (χ1n) is 5.71. The molecule has 2 nitrogen and oxygen atoms in total. The van der Waals surface area contributed by atoms with Gasteiger partial charge in [0.2, 0.25) is 0 Å². The molecule has 108 valence electrons. The molecular weight excluding hydrogens is 449 g/mol. The largest absolute Gasteiger partial charge is 0.388 e. The molecule has 1 heterocycles. The van der Waals surface area contributed by atoms with Gasteiger partial charge in [0.05, 0.1) is 23.7 Å². The van der Waals surface area contributed by atoms with E-state index in [4.69, 9.17) is 28.9 Å². The molecule has 0 aliphatic carbocycles. The number of hydrogen-bond acceptors (Lipinski definition) is 3. The molecular formula is C13H11Br2Cl2NOS. The number of rotatable bonds is 4. The van der Waals surface area contributed by atoms with E-state index in [1.54, 1.807) is 12.1 Å². The molecule has 0 aliphatic rings. The highest BCUT2D eigenvalue weighted by molar-refractivity contribution is 9.12. The van der Waals surface area contributed by atoms with Crippen LogP contribution in [0.4, 0.5) is 0 Å². The van der Waals surface area contributed by atoms with Crippen LogP contribution in [0, 0.1) is 0 Å². The van der Waals surface area contributed by atoms with Crippen molar-refractivity contribution < 1.29 is 5.11 Å². The van der Waals surface area contributed by atoms with Gasteiger partial charge in [-0.15, -0.1) is 11.3 Å². The van der Waals surface area contributed by atoms with Gasteiger partial charge in [0.15, 0.2) is 0 Å². The van der Waals surface area contributed by atoms with Gasteiger partial charge in [-0.05, 0) is 55.6 Å². The van der Waals surface area contributed by atoms with Crippen LogP contribution >= 0.6 is 66.4 Å². The number of hydrogen-bond donors (Lipinski definition) is 2. The molecule has 3 N–H and O–H groups in total. The Morgan fingerprint density at radius 3 is 2.40 bits per heavy atom. The highest BCUT2D eigenvalue weighted by Gasteiger charge is 2.25. The molecule has 2 aromatic rings. The van der Waals surface area contributed by atoms with Crippen LogP contribution in [-0.2, 0) is 0 Å². The molecule has 1 aromatic heterocycles. The molecule has 0 spiro atoms. The van der Waals surface area contributed by atoms with Gasteiger partial charge in [-0.25, -0.2) is 0 Å².